The molecule has 106 valence electrons. The van der Waals surface area contributed by atoms with Gasteiger partial charge in [0, 0.05) is 12.1 Å². The molecule has 0 aliphatic rings. The third-order valence-corrected chi connectivity index (χ3v) is 2.64. The summed E-state index contributed by atoms with van der Waals surface area (Å²) in [5.41, 5.74) is 0.327. The minimum absolute atomic E-state index is 0.00590. The Morgan fingerprint density at radius 2 is 2.11 bits per heavy atom. The number of unbranched alkanes of at least 4 members (excludes halogenated alkanes) is 3. The second-order valence-corrected chi connectivity index (χ2v) is 4.22. The second-order valence-electron chi connectivity index (χ2n) is 4.22. The van der Waals surface area contributed by atoms with Crippen molar-refractivity contribution in [2.45, 2.75) is 39.2 Å². The smallest absolute Gasteiger partial charge is 0.387 e. The number of hydrogen-bond acceptors (Lipinski definition) is 2. The van der Waals surface area contributed by atoms with E-state index < -0.39 is 6.61 Å². The van der Waals surface area contributed by atoms with Crippen LogP contribution < -0.4 is 10.1 Å². The first kappa shape index (κ1) is 15.4. The summed E-state index contributed by atoms with van der Waals surface area (Å²) in [6, 6.07) is 5.79. The maximum Gasteiger partial charge on any atom is 0.387 e. The zero-order valence-electron chi connectivity index (χ0n) is 11.0. The summed E-state index contributed by atoms with van der Waals surface area (Å²) in [4.78, 5) is 11.8. The molecule has 1 rings (SSSR count). The number of hydrogen-bond donors (Lipinski definition) is 1. The predicted molar refractivity (Wildman–Crippen MR) is 69.5 cm³/mol. The molecule has 0 atom stereocenters. The van der Waals surface area contributed by atoms with Crippen molar-refractivity contribution in [3.05, 3.63) is 29.8 Å². The molecule has 1 aromatic carbocycles. The fraction of sp³-hybridized carbons (Fsp3) is 0.500. The average molecular weight is 271 g/mol. The van der Waals surface area contributed by atoms with Crippen LogP contribution in [0.4, 0.5) is 8.78 Å². The number of amides is 1. The van der Waals surface area contributed by atoms with Crippen molar-refractivity contribution in [1.29, 1.82) is 0 Å². The fourth-order valence-corrected chi connectivity index (χ4v) is 1.67. The molecule has 1 amide bonds. The standard InChI is InChI=1S/C14H19F2NO2/c1-2-3-4-5-9-17-13(18)11-7-6-8-12(10-11)19-14(15)16/h6-8,10,14H,2-5,9H2,1H3,(H,17,18). The molecule has 0 radical (unpaired) electrons. The molecule has 0 saturated carbocycles. The first-order valence-electron chi connectivity index (χ1n) is 6.46. The molecule has 0 bridgehead atoms. The molecule has 0 aromatic heterocycles. The Kier molecular flexibility index (Phi) is 6.85. The predicted octanol–water partition coefficient (Wildman–Crippen LogP) is 3.60. The molecule has 0 spiro atoms. The summed E-state index contributed by atoms with van der Waals surface area (Å²) in [5.74, 6) is -0.273. The van der Waals surface area contributed by atoms with Crippen LogP contribution in [0.5, 0.6) is 5.75 Å². The van der Waals surface area contributed by atoms with Gasteiger partial charge in [-0.1, -0.05) is 32.3 Å². The van der Waals surface area contributed by atoms with Gasteiger partial charge in [0.2, 0.25) is 0 Å². The number of rotatable bonds is 8. The van der Waals surface area contributed by atoms with Gasteiger partial charge in [-0.05, 0) is 24.6 Å². The van der Waals surface area contributed by atoms with Crippen LogP contribution in [0.25, 0.3) is 0 Å². The van der Waals surface area contributed by atoms with Crippen molar-refractivity contribution >= 4 is 5.91 Å². The Morgan fingerprint density at radius 1 is 1.32 bits per heavy atom. The Morgan fingerprint density at radius 3 is 2.79 bits per heavy atom. The normalized spacial score (nSPS) is 10.5. The van der Waals surface area contributed by atoms with E-state index in [4.69, 9.17) is 0 Å². The molecule has 3 nitrogen and oxygen atoms in total. The van der Waals surface area contributed by atoms with Crippen LogP contribution in [0.15, 0.2) is 24.3 Å². The van der Waals surface area contributed by atoms with Gasteiger partial charge >= 0.3 is 6.61 Å². The van der Waals surface area contributed by atoms with Gasteiger partial charge in [0.05, 0.1) is 0 Å². The molecule has 0 aliphatic heterocycles. The Labute approximate surface area is 112 Å². The highest BCUT2D eigenvalue weighted by Crippen LogP contribution is 2.15. The van der Waals surface area contributed by atoms with Gasteiger partial charge in [-0.15, -0.1) is 0 Å². The molecular formula is C14H19F2NO2. The summed E-state index contributed by atoms with van der Waals surface area (Å²) in [6.07, 6.45) is 4.28. The zero-order chi connectivity index (χ0) is 14.1. The lowest BCUT2D eigenvalue weighted by Gasteiger charge is -2.07. The van der Waals surface area contributed by atoms with Crippen LogP contribution in [0, 0.1) is 0 Å². The van der Waals surface area contributed by atoms with Gasteiger partial charge in [0.25, 0.3) is 5.91 Å². The molecule has 0 saturated heterocycles. The van der Waals surface area contributed by atoms with Crippen molar-refractivity contribution in [1.82, 2.24) is 5.32 Å². The van der Waals surface area contributed by atoms with Crippen molar-refractivity contribution in [2.24, 2.45) is 0 Å². The highest BCUT2D eigenvalue weighted by molar-refractivity contribution is 5.94. The third-order valence-electron chi connectivity index (χ3n) is 2.64. The topological polar surface area (TPSA) is 38.3 Å². The second kappa shape index (κ2) is 8.45. The van der Waals surface area contributed by atoms with Gasteiger partial charge in [-0.2, -0.15) is 8.78 Å². The minimum Gasteiger partial charge on any atom is -0.435 e. The lowest BCUT2D eigenvalue weighted by molar-refractivity contribution is -0.0498. The highest BCUT2D eigenvalue weighted by atomic mass is 19.3. The third kappa shape index (κ3) is 6.18. The first-order chi connectivity index (χ1) is 9.13. The molecule has 0 fully saturated rings. The van der Waals surface area contributed by atoms with Crippen LogP contribution >= 0.6 is 0 Å². The van der Waals surface area contributed by atoms with E-state index in [0.717, 1.165) is 25.7 Å². The van der Waals surface area contributed by atoms with Crippen molar-refractivity contribution in [3.63, 3.8) is 0 Å². The Bertz CT molecular complexity index is 397. The van der Waals surface area contributed by atoms with Crippen LogP contribution in [0.3, 0.4) is 0 Å². The van der Waals surface area contributed by atoms with E-state index in [1.165, 1.54) is 18.2 Å². The summed E-state index contributed by atoms with van der Waals surface area (Å²) < 4.78 is 28.4. The van der Waals surface area contributed by atoms with E-state index in [-0.39, 0.29) is 11.7 Å². The van der Waals surface area contributed by atoms with Gasteiger partial charge in [0.15, 0.2) is 0 Å². The van der Waals surface area contributed by atoms with E-state index in [2.05, 4.69) is 17.0 Å². The van der Waals surface area contributed by atoms with Crippen LogP contribution in [0.2, 0.25) is 0 Å². The lowest BCUT2D eigenvalue weighted by Crippen LogP contribution is -2.24. The Hall–Kier alpha value is -1.65. The van der Waals surface area contributed by atoms with Gasteiger partial charge in [-0.3, -0.25) is 4.79 Å². The number of carbonyl (C=O) groups excluding carboxylic acids is 1. The molecule has 19 heavy (non-hydrogen) atoms. The van der Waals surface area contributed by atoms with Gasteiger partial charge in [0.1, 0.15) is 5.75 Å². The van der Waals surface area contributed by atoms with Gasteiger partial charge < -0.3 is 10.1 Å². The molecule has 1 N–H and O–H groups in total. The van der Waals surface area contributed by atoms with Crippen molar-refractivity contribution in [3.8, 4) is 5.75 Å². The maximum absolute atomic E-state index is 12.1. The van der Waals surface area contributed by atoms with Crippen LogP contribution in [-0.4, -0.2) is 19.1 Å². The van der Waals surface area contributed by atoms with Gasteiger partial charge in [-0.25, -0.2) is 0 Å². The number of nitrogens with one attached hydrogen (secondary N) is 1. The Balaban J connectivity index is 2.43. The lowest BCUT2D eigenvalue weighted by atomic mass is 10.2. The number of carbonyl (C=O) groups is 1. The number of ether oxygens (including phenoxy) is 1. The van der Waals surface area contributed by atoms with E-state index in [0.29, 0.717) is 12.1 Å². The summed E-state index contributed by atoms with van der Waals surface area (Å²) >= 11 is 0. The zero-order valence-corrected chi connectivity index (χ0v) is 11.0. The molecular weight excluding hydrogens is 252 g/mol. The van der Waals surface area contributed by atoms with E-state index in [1.54, 1.807) is 6.07 Å². The maximum atomic E-state index is 12.1. The van der Waals surface area contributed by atoms with E-state index in [1.807, 2.05) is 0 Å². The van der Waals surface area contributed by atoms with Crippen molar-refractivity contribution < 1.29 is 18.3 Å². The van der Waals surface area contributed by atoms with E-state index in [9.17, 15) is 13.6 Å². The fourth-order valence-electron chi connectivity index (χ4n) is 1.67. The molecule has 1 aromatic rings. The first-order valence-corrected chi connectivity index (χ1v) is 6.46. The molecule has 0 aliphatic carbocycles. The SMILES string of the molecule is CCCCCCNC(=O)c1cccc(OC(F)F)c1. The molecule has 0 heterocycles. The molecule has 0 unspecified atom stereocenters. The number of benzene rings is 1. The van der Waals surface area contributed by atoms with Crippen LogP contribution in [-0.2, 0) is 0 Å². The van der Waals surface area contributed by atoms with Crippen molar-refractivity contribution in [2.75, 3.05) is 6.54 Å². The molecule has 5 heteroatoms. The summed E-state index contributed by atoms with van der Waals surface area (Å²) in [7, 11) is 0. The van der Waals surface area contributed by atoms with Crippen LogP contribution in [0.1, 0.15) is 43.0 Å². The number of halogens is 2. The summed E-state index contributed by atoms with van der Waals surface area (Å²) in [5, 5.41) is 2.76. The largest absolute Gasteiger partial charge is 0.435 e. The monoisotopic (exact) mass is 271 g/mol. The highest BCUT2D eigenvalue weighted by Gasteiger charge is 2.08. The summed E-state index contributed by atoms with van der Waals surface area (Å²) in [6.45, 7) is -0.168. The quantitative estimate of drug-likeness (QED) is 0.734. The average Bonchev–Trinajstić information content (AvgIpc) is 2.38. The van der Waals surface area contributed by atoms with E-state index >= 15 is 0 Å². The number of alkyl halides is 2. The minimum atomic E-state index is -2.88.